The van der Waals surface area contributed by atoms with E-state index in [9.17, 15) is 19.2 Å². The molecule has 0 spiro atoms. The Balaban J connectivity index is 1.57. The fourth-order valence-corrected chi connectivity index (χ4v) is 2.73. The fourth-order valence-electron chi connectivity index (χ4n) is 2.73. The third-order valence-corrected chi connectivity index (χ3v) is 4.10. The highest BCUT2D eigenvalue weighted by Gasteiger charge is 2.34. The highest BCUT2D eigenvalue weighted by Crippen LogP contribution is 2.22. The van der Waals surface area contributed by atoms with Crippen LogP contribution in [0.2, 0.25) is 0 Å². The predicted octanol–water partition coefficient (Wildman–Crippen LogP) is 1.67. The van der Waals surface area contributed by atoms with Crippen LogP contribution in [0.1, 0.15) is 37.5 Å². The van der Waals surface area contributed by atoms with Gasteiger partial charge >= 0.3 is 0 Å². The molecular weight excluding hydrogens is 334 g/mol. The summed E-state index contributed by atoms with van der Waals surface area (Å²) < 4.78 is 0. The fraction of sp³-hybridized carbons (Fsp3) is 0.158. The first-order chi connectivity index (χ1) is 12.5. The van der Waals surface area contributed by atoms with Crippen molar-refractivity contribution in [2.45, 2.75) is 6.42 Å². The van der Waals surface area contributed by atoms with Crippen LogP contribution >= 0.6 is 0 Å². The maximum Gasteiger partial charge on any atom is 0.261 e. The van der Waals surface area contributed by atoms with Crippen LogP contribution in [0.15, 0.2) is 48.5 Å². The first kappa shape index (κ1) is 17.3. The second kappa shape index (κ2) is 7.18. The van der Waals surface area contributed by atoms with E-state index in [1.807, 2.05) is 0 Å². The Labute approximate surface area is 150 Å². The Kier molecular flexibility index (Phi) is 4.79. The molecule has 0 saturated carbocycles. The molecule has 132 valence electrons. The molecule has 1 aliphatic heterocycles. The standard InChI is InChI=1S/C19H17N3O4/c1-20-17(24)12-6-8-13(9-7-12)21-16(23)10-11-22-18(25)14-4-2-3-5-15(14)19(22)26/h2-9H,10-11H2,1H3,(H,20,24)(H,21,23). The van der Waals surface area contributed by atoms with Crippen molar-refractivity contribution >= 4 is 29.3 Å². The first-order valence-corrected chi connectivity index (χ1v) is 8.08. The van der Waals surface area contributed by atoms with E-state index in [2.05, 4.69) is 10.6 Å². The van der Waals surface area contributed by atoms with Crippen LogP contribution < -0.4 is 10.6 Å². The van der Waals surface area contributed by atoms with E-state index in [-0.39, 0.29) is 36.6 Å². The molecule has 2 N–H and O–H groups in total. The minimum atomic E-state index is -0.381. The van der Waals surface area contributed by atoms with E-state index in [1.54, 1.807) is 48.5 Å². The van der Waals surface area contributed by atoms with Gasteiger partial charge in [0, 0.05) is 31.3 Å². The zero-order valence-electron chi connectivity index (χ0n) is 14.1. The highest BCUT2D eigenvalue weighted by molar-refractivity contribution is 6.21. The third-order valence-electron chi connectivity index (χ3n) is 4.10. The zero-order valence-corrected chi connectivity index (χ0v) is 14.1. The van der Waals surface area contributed by atoms with E-state index in [4.69, 9.17) is 0 Å². The predicted molar refractivity (Wildman–Crippen MR) is 94.9 cm³/mol. The number of nitrogens with zero attached hydrogens (tertiary/aromatic N) is 1. The number of anilines is 1. The van der Waals surface area contributed by atoms with Crippen molar-refractivity contribution in [3.63, 3.8) is 0 Å². The molecule has 7 nitrogen and oxygen atoms in total. The maximum absolute atomic E-state index is 12.2. The van der Waals surface area contributed by atoms with Crippen molar-refractivity contribution in [2.24, 2.45) is 0 Å². The maximum atomic E-state index is 12.2. The van der Waals surface area contributed by atoms with Crippen molar-refractivity contribution < 1.29 is 19.2 Å². The number of carbonyl (C=O) groups excluding carboxylic acids is 4. The van der Waals surface area contributed by atoms with E-state index < -0.39 is 0 Å². The van der Waals surface area contributed by atoms with Crippen LogP contribution in [-0.4, -0.2) is 42.1 Å². The molecule has 3 rings (SSSR count). The molecule has 0 saturated heterocycles. The van der Waals surface area contributed by atoms with Crippen molar-refractivity contribution in [1.29, 1.82) is 0 Å². The second-order valence-electron chi connectivity index (χ2n) is 5.76. The van der Waals surface area contributed by atoms with Gasteiger partial charge in [0.05, 0.1) is 11.1 Å². The molecule has 2 aromatic carbocycles. The average molecular weight is 351 g/mol. The van der Waals surface area contributed by atoms with E-state index in [0.717, 1.165) is 4.90 Å². The molecule has 0 unspecified atom stereocenters. The number of carbonyl (C=O) groups is 4. The van der Waals surface area contributed by atoms with Gasteiger partial charge in [0.15, 0.2) is 0 Å². The molecule has 2 aromatic rings. The van der Waals surface area contributed by atoms with Gasteiger partial charge in [-0.1, -0.05) is 12.1 Å². The van der Waals surface area contributed by atoms with Gasteiger partial charge in [-0.3, -0.25) is 24.1 Å². The van der Waals surface area contributed by atoms with Gasteiger partial charge in [0.1, 0.15) is 0 Å². The van der Waals surface area contributed by atoms with Crippen molar-refractivity contribution in [3.05, 3.63) is 65.2 Å². The number of amides is 4. The van der Waals surface area contributed by atoms with Crippen LogP contribution in [0, 0.1) is 0 Å². The molecule has 0 fully saturated rings. The lowest BCUT2D eigenvalue weighted by molar-refractivity contribution is -0.116. The first-order valence-electron chi connectivity index (χ1n) is 8.08. The van der Waals surface area contributed by atoms with Crippen LogP contribution in [0.4, 0.5) is 5.69 Å². The van der Waals surface area contributed by atoms with Crippen molar-refractivity contribution in [2.75, 3.05) is 18.9 Å². The second-order valence-corrected chi connectivity index (χ2v) is 5.76. The number of hydrogen-bond acceptors (Lipinski definition) is 4. The van der Waals surface area contributed by atoms with Gasteiger partial charge in [0.25, 0.3) is 17.7 Å². The number of fused-ring (bicyclic) bond motifs is 1. The smallest absolute Gasteiger partial charge is 0.261 e. The molecule has 0 atom stereocenters. The summed E-state index contributed by atoms with van der Waals surface area (Å²) in [6.07, 6.45) is -0.0112. The summed E-state index contributed by atoms with van der Waals surface area (Å²) >= 11 is 0. The van der Waals surface area contributed by atoms with Crippen molar-refractivity contribution in [3.8, 4) is 0 Å². The molecule has 1 heterocycles. The summed E-state index contributed by atoms with van der Waals surface area (Å²) in [7, 11) is 1.54. The van der Waals surface area contributed by atoms with Gasteiger partial charge in [-0.2, -0.15) is 0 Å². The molecule has 26 heavy (non-hydrogen) atoms. The molecule has 0 aromatic heterocycles. The number of hydrogen-bond donors (Lipinski definition) is 2. The van der Waals surface area contributed by atoms with Gasteiger partial charge in [0.2, 0.25) is 5.91 Å². The molecular formula is C19H17N3O4. The van der Waals surface area contributed by atoms with Crippen molar-refractivity contribution in [1.82, 2.24) is 10.2 Å². The Bertz CT molecular complexity index is 855. The Morgan fingerprint density at radius 1 is 0.923 bits per heavy atom. The number of rotatable bonds is 5. The molecule has 0 aliphatic carbocycles. The van der Waals surface area contributed by atoms with Crippen LogP contribution in [0.3, 0.4) is 0 Å². The number of imide groups is 1. The number of nitrogens with one attached hydrogen (secondary N) is 2. The monoisotopic (exact) mass is 351 g/mol. The molecule has 0 bridgehead atoms. The summed E-state index contributed by atoms with van der Waals surface area (Å²) in [4.78, 5) is 49.1. The summed E-state index contributed by atoms with van der Waals surface area (Å²) in [6, 6.07) is 13.0. The molecule has 0 radical (unpaired) electrons. The third kappa shape index (κ3) is 3.32. The van der Waals surface area contributed by atoms with Crippen LogP contribution in [-0.2, 0) is 4.79 Å². The highest BCUT2D eigenvalue weighted by atomic mass is 16.2. The Hall–Kier alpha value is -3.48. The van der Waals surface area contributed by atoms with E-state index >= 15 is 0 Å². The van der Waals surface area contributed by atoms with E-state index in [1.165, 1.54) is 7.05 Å². The topological polar surface area (TPSA) is 95.6 Å². The quantitative estimate of drug-likeness (QED) is 0.801. The largest absolute Gasteiger partial charge is 0.355 e. The van der Waals surface area contributed by atoms with Gasteiger partial charge in [-0.15, -0.1) is 0 Å². The molecule has 4 amide bonds. The summed E-state index contributed by atoms with van der Waals surface area (Å²) in [5, 5.41) is 5.19. The Morgan fingerprint density at radius 3 is 2.04 bits per heavy atom. The normalized spacial score (nSPS) is 12.7. The minimum absolute atomic E-state index is 0.00844. The van der Waals surface area contributed by atoms with Crippen LogP contribution in [0.5, 0.6) is 0 Å². The average Bonchev–Trinajstić information content (AvgIpc) is 2.91. The molecule has 7 heteroatoms. The number of benzene rings is 2. The summed E-state index contributed by atoms with van der Waals surface area (Å²) in [6.45, 7) is 0.00844. The summed E-state index contributed by atoms with van der Waals surface area (Å²) in [5.74, 6) is -1.30. The summed E-state index contributed by atoms with van der Waals surface area (Å²) in [5.41, 5.74) is 1.74. The van der Waals surface area contributed by atoms with Crippen LogP contribution in [0.25, 0.3) is 0 Å². The minimum Gasteiger partial charge on any atom is -0.355 e. The lowest BCUT2D eigenvalue weighted by Crippen LogP contribution is -2.32. The zero-order chi connectivity index (χ0) is 18.7. The molecule has 1 aliphatic rings. The SMILES string of the molecule is CNC(=O)c1ccc(NC(=O)CCN2C(=O)c3ccccc3C2=O)cc1. The van der Waals surface area contributed by atoms with Gasteiger partial charge < -0.3 is 10.6 Å². The van der Waals surface area contributed by atoms with Gasteiger partial charge in [-0.25, -0.2) is 0 Å². The lowest BCUT2D eigenvalue weighted by atomic mass is 10.1. The van der Waals surface area contributed by atoms with E-state index in [0.29, 0.717) is 22.4 Å². The lowest BCUT2D eigenvalue weighted by Gasteiger charge is -2.13. The van der Waals surface area contributed by atoms with Gasteiger partial charge in [-0.05, 0) is 36.4 Å². The Morgan fingerprint density at radius 2 is 1.50 bits per heavy atom.